The summed E-state index contributed by atoms with van der Waals surface area (Å²) in [7, 11) is -3.87. The van der Waals surface area contributed by atoms with Gasteiger partial charge >= 0.3 is 0 Å². The van der Waals surface area contributed by atoms with Gasteiger partial charge in [0.15, 0.2) is 0 Å². The monoisotopic (exact) mass is 507 g/mol. The number of nitrogens with zero attached hydrogens (tertiary/aromatic N) is 2. The molecule has 0 atom stereocenters. The van der Waals surface area contributed by atoms with E-state index >= 15 is 0 Å². The Labute approximate surface area is 193 Å². The molecule has 2 aromatic carbocycles. The van der Waals surface area contributed by atoms with Gasteiger partial charge in [0.05, 0.1) is 10.6 Å². The lowest BCUT2D eigenvalue weighted by atomic mass is 10.2. The van der Waals surface area contributed by atoms with Gasteiger partial charge in [-0.3, -0.25) is 9.10 Å². The molecule has 2 aromatic rings. The number of halogens is 1. The molecule has 1 aliphatic heterocycles. The molecule has 1 N–H and O–H groups in total. The molecule has 0 aromatic heterocycles. The van der Waals surface area contributed by atoms with Crippen LogP contribution in [-0.2, 0) is 14.8 Å². The molecule has 0 radical (unpaired) electrons. The van der Waals surface area contributed by atoms with Crippen molar-refractivity contribution in [1.29, 1.82) is 0 Å². The first-order valence-corrected chi connectivity index (χ1v) is 13.0. The van der Waals surface area contributed by atoms with Crippen LogP contribution in [0.1, 0.15) is 32.1 Å². The quantitative estimate of drug-likeness (QED) is 0.520. The average molecular weight is 508 g/mol. The van der Waals surface area contributed by atoms with Crippen molar-refractivity contribution in [2.24, 2.45) is 0 Å². The summed E-state index contributed by atoms with van der Waals surface area (Å²) in [6.07, 6.45) is 5.94. The largest absolute Gasteiger partial charge is 0.354 e. The average Bonchev–Trinajstić information content (AvgIpc) is 3.04. The second-order valence-electron chi connectivity index (χ2n) is 7.76. The van der Waals surface area contributed by atoms with Gasteiger partial charge in [-0.2, -0.15) is 0 Å². The molecule has 6 nitrogen and oxygen atoms in total. The zero-order chi connectivity index (χ0) is 22.1. The summed E-state index contributed by atoms with van der Waals surface area (Å²) in [4.78, 5) is 15.3. The van der Waals surface area contributed by atoms with E-state index in [1.807, 2.05) is 6.07 Å². The van der Waals surface area contributed by atoms with Crippen molar-refractivity contribution in [3.8, 4) is 0 Å². The summed E-state index contributed by atoms with van der Waals surface area (Å²) >= 11 is 3.39. The molecular weight excluding hydrogens is 478 g/mol. The number of amides is 1. The van der Waals surface area contributed by atoms with Crippen LogP contribution in [0.3, 0.4) is 0 Å². The molecule has 1 amide bonds. The summed E-state index contributed by atoms with van der Waals surface area (Å²) in [5.41, 5.74) is 0.443. The SMILES string of the molecule is O=C(CN(c1cccc(Br)c1)S(=O)(=O)c1ccccc1)NCCCN1CCCCCC1. The molecule has 1 aliphatic rings. The van der Waals surface area contributed by atoms with E-state index < -0.39 is 10.0 Å². The van der Waals surface area contributed by atoms with Gasteiger partial charge in [0.1, 0.15) is 6.54 Å². The fourth-order valence-corrected chi connectivity index (χ4v) is 5.56. The van der Waals surface area contributed by atoms with E-state index in [1.54, 1.807) is 48.5 Å². The third kappa shape index (κ3) is 7.05. The Morgan fingerprint density at radius 1 is 1.00 bits per heavy atom. The summed E-state index contributed by atoms with van der Waals surface area (Å²) < 4.78 is 28.5. The van der Waals surface area contributed by atoms with Gasteiger partial charge in [-0.25, -0.2) is 8.42 Å². The van der Waals surface area contributed by atoms with E-state index in [0.717, 1.165) is 34.8 Å². The Hall–Kier alpha value is -1.90. The standard InChI is InChI=1S/C23H30BrN3O3S/c24-20-10-8-11-21(18-20)27(31(29,30)22-12-4-3-5-13-22)19-23(28)25-14-9-17-26-15-6-1-2-7-16-26/h3-5,8,10-13,18H,1-2,6-7,9,14-17,19H2,(H,25,28). The number of rotatable bonds is 9. The highest BCUT2D eigenvalue weighted by Gasteiger charge is 2.27. The third-order valence-electron chi connectivity index (χ3n) is 5.39. The third-order valence-corrected chi connectivity index (χ3v) is 7.67. The van der Waals surface area contributed by atoms with Gasteiger partial charge in [0.25, 0.3) is 10.0 Å². The zero-order valence-electron chi connectivity index (χ0n) is 17.7. The molecule has 0 spiro atoms. The summed E-state index contributed by atoms with van der Waals surface area (Å²) in [5.74, 6) is -0.310. The summed E-state index contributed by atoms with van der Waals surface area (Å²) in [6, 6.07) is 15.2. The summed E-state index contributed by atoms with van der Waals surface area (Å²) in [5, 5.41) is 2.89. The minimum atomic E-state index is -3.87. The van der Waals surface area contributed by atoms with Crippen LogP contribution in [0.25, 0.3) is 0 Å². The first kappa shape index (κ1) is 23.8. The van der Waals surface area contributed by atoms with Gasteiger partial charge in [-0.05, 0) is 69.2 Å². The van der Waals surface area contributed by atoms with Gasteiger partial charge in [0, 0.05) is 11.0 Å². The van der Waals surface area contributed by atoms with E-state index in [1.165, 1.54) is 25.7 Å². The van der Waals surface area contributed by atoms with Crippen molar-refractivity contribution in [3.63, 3.8) is 0 Å². The van der Waals surface area contributed by atoms with Crippen molar-refractivity contribution < 1.29 is 13.2 Å². The number of hydrogen-bond donors (Lipinski definition) is 1. The number of sulfonamides is 1. The maximum Gasteiger partial charge on any atom is 0.264 e. The van der Waals surface area contributed by atoms with Crippen LogP contribution >= 0.6 is 15.9 Å². The van der Waals surface area contributed by atoms with Gasteiger partial charge < -0.3 is 10.2 Å². The number of likely N-dealkylation sites (tertiary alicyclic amines) is 1. The molecule has 0 unspecified atom stereocenters. The van der Waals surface area contributed by atoms with E-state index in [-0.39, 0.29) is 17.3 Å². The highest BCUT2D eigenvalue weighted by atomic mass is 79.9. The van der Waals surface area contributed by atoms with Crippen molar-refractivity contribution >= 4 is 37.5 Å². The van der Waals surface area contributed by atoms with Crippen LogP contribution in [0.5, 0.6) is 0 Å². The Bertz CT molecular complexity index is 946. The number of hydrogen-bond acceptors (Lipinski definition) is 4. The van der Waals surface area contributed by atoms with Gasteiger partial charge in [0.2, 0.25) is 5.91 Å². The molecule has 0 saturated carbocycles. The highest BCUT2D eigenvalue weighted by Crippen LogP contribution is 2.26. The smallest absolute Gasteiger partial charge is 0.264 e. The zero-order valence-corrected chi connectivity index (χ0v) is 20.1. The van der Waals surface area contributed by atoms with Crippen LogP contribution in [0.4, 0.5) is 5.69 Å². The van der Waals surface area contributed by atoms with E-state index in [2.05, 4.69) is 26.1 Å². The fourth-order valence-electron chi connectivity index (χ4n) is 3.74. The molecule has 0 bridgehead atoms. The normalized spacial score (nSPS) is 15.3. The lowest BCUT2D eigenvalue weighted by Crippen LogP contribution is -2.41. The Morgan fingerprint density at radius 2 is 1.71 bits per heavy atom. The Morgan fingerprint density at radius 3 is 2.39 bits per heavy atom. The van der Waals surface area contributed by atoms with E-state index in [4.69, 9.17) is 0 Å². The second kappa shape index (κ2) is 11.6. The molecule has 8 heteroatoms. The van der Waals surface area contributed by atoms with Crippen LogP contribution in [0.15, 0.2) is 64.0 Å². The van der Waals surface area contributed by atoms with Crippen LogP contribution in [0, 0.1) is 0 Å². The Kier molecular flexibility index (Phi) is 8.92. The predicted molar refractivity (Wildman–Crippen MR) is 128 cm³/mol. The van der Waals surface area contributed by atoms with Crippen molar-refractivity contribution in [1.82, 2.24) is 10.2 Å². The van der Waals surface area contributed by atoms with Crippen molar-refractivity contribution in [3.05, 3.63) is 59.1 Å². The predicted octanol–water partition coefficient (Wildman–Crippen LogP) is 4.03. The number of benzene rings is 2. The van der Waals surface area contributed by atoms with E-state index in [0.29, 0.717) is 12.2 Å². The van der Waals surface area contributed by atoms with Gasteiger partial charge in [-0.15, -0.1) is 0 Å². The molecule has 3 rings (SSSR count). The molecule has 1 saturated heterocycles. The van der Waals surface area contributed by atoms with Crippen LogP contribution in [-0.4, -0.2) is 51.9 Å². The lowest BCUT2D eigenvalue weighted by Gasteiger charge is -2.24. The van der Waals surface area contributed by atoms with Crippen molar-refractivity contribution in [2.75, 3.05) is 37.0 Å². The number of nitrogens with one attached hydrogen (secondary N) is 1. The molecule has 31 heavy (non-hydrogen) atoms. The van der Waals surface area contributed by atoms with Crippen molar-refractivity contribution in [2.45, 2.75) is 37.0 Å². The molecular formula is C23H30BrN3O3S. The number of carbonyl (C=O) groups excluding carboxylic acids is 1. The molecule has 1 heterocycles. The van der Waals surface area contributed by atoms with Crippen LogP contribution < -0.4 is 9.62 Å². The number of carbonyl (C=O) groups is 1. The van der Waals surface area contributed by atoms with Crippen LogP contribution in [0.2, 0.25) is 0 Å². The highest BCUT2D eigenvalue weighted by molar-refractivity contribution is 9.10. The lowest BCUT2D eigenvalue weighted by molar-refractivity contribution is -0.119. The minimum absolute atomic E-state index is 0.156. The maximum absolute atomic E-state index is 13.3. The second-order valence-corrected chi connectivity index (χ2v) is 10.5. The number of anilines is 1. The first-order chi connectivity index (χ1) is 15.0. The van der Waals surface area contributed by atoms with E-state index in [9.17, 15) is 13.2 Å². The van der Waals surface area contributed by atoms with Gasteiger partial charge in [-0.1, -0.05) is 53.0 Å². The molecule has 1 fully saturated rings. The fraction of sp³-hybridized carbons (Fsp3) is 0.435. The Balaban J connectivity index is 1.64. The first-order valence-electron chi connectivity index (χ1n) is 10.8. The summed E-state index contributed by atoms with van der Waals surface area (Å²) in [6.45, 7) is 3.47. The maximum atomic E-state index is 13.3. The minimum Gasteiger partial charge on any atom is -0.354 e. The topological polar surface area (TPSA) is 69.7 Å². The molecule has 168 valence electrons. The molecule has 0 aliphatic carbocycles.